The number of ether oxygens (including phenoxy) is 1. The molecule has 5 saturated carbocycles. The van der Waals surface area contributed by atoms with Crippen LogP contribution in [0.2, 0.25) is 0 Å². The first-order valence-electron chi connectivity index (χ1n) is 14.9. The molecule has 0 heterocycles. The van der Waals surface area contributed by atoms with Crippen LogP contribution in [-0.2, 0) is 14.3 Å². The fraction of sp³-hybridized carbons (Fsp3) is 0.875. The minimum Gasteiger partial charge on any atom is -0.481 e. The second kappa shape index (κ2) is 8.57. The van der Waals surface area contributed by atoms with Gasteiger partial charge in [-0.3, -0.25) is 9.59 Å². The molecule has 5 aliphatic rings. The Balaban J connectivity index is 1.53. The molecule has 0 aromatic heterocycles. The fourth-order valence-corrected chi connectivity index (χ4v) is 11.8. The van der Waals surface area contributed by atoms with Crippen LogP contribution < -0.4 is 0 Å². The summed E-state index contributed by atoms with van der Waals surface area (Å²) in [7, 11) is 0. The van der Waals surface area contributed by atoms with Crippen molar-refractivity contribution in [3.63, 3.8) is 0 Å². The van der Waals surface area contributed by atoms with Gasteiger partial charge in [0.05, 0.1) is 18.1 Å². The second-order valence-corrected chi connectivity index (χ2v) is 15.0. The Morgan fingerprint density at radius 1 is 0.865 bits per heavy atom. The minimum atomic E-state index is -0.588. The van der Waals surface area contributed by atoms with Crippen LogP contribution in [0.4, 0.5) is 0 Å². The van der Waals surface area contributed by atoms with Gasteiger partial charge in [0.1, 0.15) is 0 Å². The highest BCUT2D eigenvalue weighted by molar-refractivity contribution is 5.76. The molecule has 5 nitrogen and oxygen atoms in total. The van der Waals surface area contributed by atoms with E-state index in [-0.39, 0.29) is 34.7 Å². The smallest absolute Gasteiger partial charge is 0.309 e. The highest BCUT2D eigenvalue weighted by Crippen LogP contribution is 2.77. The predicted octanol–water partition coefficient (Wildman–Crippen LogP) is 6.63. The molecule has 5 rings (SSSR count). The molecule has 5 aliphatic carbocycles. The molecule has 0 bridgehead atoms. The number of carboxylic acids is 1. The van der Waals surface area contributed by atoms with Crippen LogP contribution in [0, 0.1) is 56.7 Å². The van der Waals surface area contributed by atoms with Gasteiger partial charge in [0.25, 0.3) is 0 Å². The lowest BCUT2D eigenvalue weighted by Gasteiger charge is -2.72. The van der Waals surface area contributed by atoms with Crippen molar-refractivity contribution in [1.29, 1.82) is 0 Å². The van der Waals surface area contributed by atoms with Crippen molar-refractivity contribution < 1.29 is 24.5 Å². The van der Waals surface area contributed by atoms with Gasteiger partial charge in [-0.25, -0.2) is 0 Å². The summed E-state index contributed by atoms with van der Waals surface area (Å²) in [5, 5.41) is 21.7. The van der Waals surface area contributed by atoms with E-state index in [4.69, 9.17) is 4.74 Å². The Morgan fingerprint density at radius 3 is 2.19 bits per heavy atom. The lowest BCUT2D eigenvalue weighted by Crippen LogP contribution is -2.67. The maximum atomic E-state index is 12.8. The molecule has 0 radical (unpaired) electrons. The molecule has 0 spiro atoms. The molecule has 0 amide bonds. The van der Waals surface area contributed by atoms with Crippen molar-refractivity contribution in [2.75, 3.05) is 6.61 Å². The van der Waals surface area contributed by atoms with Gasteiger partial charge in [-0.1, -0.05) is 39.8 Å². The quantitative estimate of drug-likeness (QED) is 0.325. The third kappa shape index (κ3) is 3.44. The third-order valence-electron chi connectivity index (χ3n) is 13.9. The van der Waals surface area contributed by atoms with Crippen LogP contribution in [-0.4, -0.2) is 34.9 Å². The van der Waals surface area contributed by atoms with Crippen molar-refractivity contribution in [2.24, 2.45) is 56.7 Å². The van der Waals surface area contributed by atoms with Gasteiger partial charge in [0.2, 0.25) is 0 Å². The fourth-order valence-electron chi connectivity index (χ4n) is 11.8. The van der Waals surface area contributed by atoms with Gasteiger partial charge in [0.15, 0.2) is 0 Å². The molecule has 208 valence electrons. The lowest BCUT2D eigenvalue weighted by atomic mass is 9.32. The van der Waals surface area contributed by atoms with Crippen LogP contribution in [0.15, 0.2) is 12.2 Å². The van der Waals surface area contributed by atoms with Gasteiger partial charge in [-0.15, -0.1) is 0 Å². The average Bonchev–Trinajstić information content (AvgIpc) is 3.22. The number of aliphatic carboxylic acids is 1. The maximum absolute atomic E-state index is 12.8. The van der Waals surface area contributed by atoms with E-state index in [1.54, 1.807) is 0 Å². The van der Waals surface area contributed by atoms with Gasteiger partial charge >= 0.3 is 11.9 Å². The zero-order valence-corrected chi connectivity index (χ0v) is 24.1. The van der Waals surface area contributed by atoms with Crippen molar-refractivity contribution in [2.45, 2.75) is 112 Å². The van der Waals surface area contributed by atoms with Crippen molar-refractivity contribution in [3.8, 4) is 0 Å². The topological polar surface area (TPSA) is 83.8 Å². The molecule has 0 aliphatic heterocycles. The Hall–Kier alpha value is -1.36. The first-order valence-corrected chi connectivity index (χ1v) is 14.9. The van der Waals surface area contributed by atoms with E-state index in [0.29, 0.717) is 23.7 Å². The van der Waals surface area contributed by atoms with Crippen LogP contribution in [0.3, 0.4) is 0 Å². The molecular weight excluding hydrogens is 464 g/mol. The van der Waals surface area contributed by atoms with E-state index in [9.17, 15) is 19.8 Å². The lowest BCUT2D eigenvalue weighted by molar-refractivity contribution is -0.255. The monoisotopic (exact) mass is 514 g/mol. The standard InChI is InChI=1S/C32H50O5/c1-19(2)21-10-15-32(27(35)36)17-16-30(6)22(26(21)32)8-9-24-28(4)13-12-25(34)29(5,18-37-20(3)33)23(28)11-14-31(24,30)7/h21-26,34H,1,8-18H2,2-7H3,(H,35,36). The number of aliphatic hydroxyl groups is 1. The average molecular weight is 515 g/mol. The summed E-state index contributed by atoms with van der Waals surface area (Å²) in [5.74, 6) is 0.876. The maximum Gasteiger partial charge on any atom is 0.309 e. The number of carbonyl (C=O) groups is 2. The minimum absolute atomic E-state index is 0.0693. The van der Waals surface area contributed by atoms with Crippen LogP contribution in [0.25, 0.3) is 0 Å². The van der Waals surface area contributed by atoms with Crippen molar-refractivity contribution in [1.82, 2.24) is 0 Å². The van der Waals surface area contributed by atoms with Crippen molar-refractivity contribution in [3.05, 3.63) is 12.2 Å². The molecule has 11 atom stereocenters. The number of rotatable bonds is 4. The Morgan fingerprint density at radius 2 is 1.57 bits per heavy atom. The normalized spacial score (nSPS) is 52.7. The number of carbonyl (C=O) groups excluding carboxylic acids is 1. The molecule has 11 unspecified atom stereocenters. The van der Waals surface area contributed by atoms with E-state index in [1.807, 2.05) is 0 Å². The summed E-state index contributed by atoms with van der Waals surface area (Å²) in [6, 6.07) is 0. The predicted molar refractivity (Wildman–Crippen MR) is 144 cm³/mol. The molecule has 5 heteroatoms. The molecular formula is C32H50O5. The number of hydrogen-bond acceptors (Lipinski definition) is 4. The zero-order valence-electron chi connectivity index (χ0n) is 24.1. The summed E-state index contributed by atoms with van der Waals surface area (Å²) in [6.45, 7) is 17.9. The van der Waals surface area contributed by atoms with Gasteiger partial charge in [-0.2, -0.15) is 0 Å². The number of fused-ring (bicyclic) bond motifs is 7. The number of carboxylic acid groups (broad SMARTS) is 1. The van der Waals surface area contributed by atoms with Crippen LogP contribution in [0.1, 0.15) is 106 Å². The first-order chi connectivity index (χ1) is 17.2. The number of aliphatic hydroxyl groups excluding tert-OH is 1. The number of allylic oxidation sites excluding steroid dienone is 1. The van der Waals surface area contributed by atoms with E-state index in [0.717, 1.165) is 64.2 Å². The molecule has 0 aromatic rings. The van der Waals surface area contributed by atoms with Gasteiger partial charge in [-0.05, 0) is 117 Å². The summed E-state index contributed by atoms with van der Waals surface area (Å²) < 4.78 is 5.57. The van der Waals surface area contributed by atoms with E-state index >= 15 is 0 Å². The highest BCUT2D eigenvalue weighted by atomic mass is 16.5. The Bertz CT molecular complexity index is 990. The summed E-state index contributed by atoms with van der Waals surface area (Å²) in [4.78, 5) is 24.6. The van der Waals surface area contributed by atoms with Gasteiger partial charge in [0, 0.05) is 12.3 Å². The Kier molecular flexibility index (Phi) is 6.30. The van der Waals surface area contributed by atoms with E-state index in [2.05, 4.69) is 41.2 Å². The molecule has 2 N–H and O–H groups in total. The third-order valence-corrected chi connectivity index (χ3v) is 13.9. The van der Waals surface area contributed by atoms with Gasteiger partial charge < -0.3 is 14.9 Å². The number of esters is 1. The highest BCUT2D eigenvalue weighted by Gasteiger charge is 2.72. The number of hydrogen-bond donors (Lipinski definition) is 2. The summed E-state index contributed by atoms with van der Waals surface area (Å²) in [5.41, 5.74) is 0.435. The molecule has 37 heavy (non-hydrogen) atoms. The van der Waals surface area contributed by atoms with E-state index in [1.165, 1.54) is 12.5 Å². The van der Waals surface area contributed by atoms with E-state index < -0.39 is 22.9 Å². The summed E-state index contributed by atoms with van der Waals surface area (Å²) >= 11 is 0. The molecule has 0 aromatic carbocycles. The van der Waals surface area contributed by atoms with Crippen molar-refractivity contribution >= 4 is 11.9 Å². The SMILES string of the molecule is C=C(C)C1CCC2(C(=O)O)CCC3(C)C(CCC4C5(C)CCC(O)C(C)(COC(C)=O)C5CCC43C)C12. The largest absolute Gasteiger partial charge is 0.481 e. The zero-order chi connectivity index (χ0) is 27.2. The van der Waals surface area contributed by atoms with Crippen LogP contribution >= 0.6 is 0 Å². The molecule has 5 fully saturated rings. The first kappa shape index (κ1) is 27.2. The van der Waals surface area contributed by atoms with Crippen LogP contribution in [0.5, 0.6) is 0 Å². The Labute approximate surface area is 223 Å². The second-order valence-electron chi connectivity index (χ2n) is 15.0. The molecule has 0 saturated heterocycles. The summed E-state index contributed by atoms with van der Waals surface area (Å²) in [6.07, 6.45) is 9.17.